The standard InChI is InChI=1S/C33H47N3O2/c1-7-21-36(31(37)38-32(2,3)4)30-23-28-18-19-29(24-30)35(28)22-20-33(5,26-14-10-8-11-15-26)25-34(6)27-16-12-9-13-17-27/h7-17,28-30H,1,18-25H2,2-6H3/t28?,29?,30?,33-/m1/s1. The van der Waals surface area contributed by atoms with Crippen LogP contribution in [0.3, 0.4) is 0 Å². The SMILES string of the molecule is C=CCN(C(=O)OC(C)(C)C)C1CC2CCC(C1)N2CC[C@](C)(CN(C)c1ccccc1)c1ccccc1. The van der Waals surface area contributed by atoms with Gasteiger partial charge in [-0.05, 0) is 77.1 Å². The molecule has 2 aliphatic heterocycles. The number of hydrogen-bond acceptors (Lipinski definition) is 4. The molecule has 0 radical (unpaired) electrons. The molecule has 2 bridgehead atoms. The van der Waals surface area contributed by atoms with Crippen LogP contribution in [0.15, 0.2) is 73.3 Å². The van der Waals surface area contributed by atoms with E-state index in [0.29, 0.717) is 18.6 Å². The number of fused-ring (bicyclic) bond motifs is 2. The minimum absolute atomic E-state index is 0.0214. The molecule has 2 aromatic rings. The van der Waals surface area contributed by atoms with Gasteiger partial charge in [0.05, 0.1) is 0 Å². The van der Waals surface area contributed by atoms with Gasteiger partial charge in [0, 0.05) is 49.4 Å². The predicted molar refractivity (Wildman–Crippen MR) is 158 cm³/mol. The van der Waals surface area contributed by atoms with Crippen LogP contribution in [0.25, 0.3) is 0 Å². The van der Waals surface area contributed by atoms with E-state index in [4.69, 9.17) is 4.74 Å². The highest BCUT2D eigenvalue weighted by atomic mass is 16.6. The van der Waals surface area contributed by atoms with Crippen molar-refractivity contribution in [1.82, 2.24) is 9.80 Å². The highest BCUT2D eigenvalue weighted by Gasteiger charge is 2.44. The van der Waals surface area contributed by atoms with E-state index >= 15 is 0 Å². The van der Waals surface area contributed by atoms with Crippen molar-refractivity contribution in [2.75, 3.05) is 31.6 Å². The lowest BCUT2D eigenvalue weighted by Gasteiger charge is -2.44. The van der Waals surface area contributed by atoms with Gasteiger partial charge < -0.3 is 14.5 Å². The minimum Gasteiger partial charge on any atom is -0.444 e. The maximum absolute atomic E-state index is 13.0. The maximum atomic E-state index is 13.0. The topological polar surface area (TPSA) is 36.0 Å². The van der Waals surface area contributed by atoms with E-state index in [0.717, 1.165) is 32.4 Å². The first-order valence-corrected chi connectivity index (χ1v) is 14.3. The van der Waals surface area contributed by atoms with Crippen molar-refractivity contribution in [2.45, 2.75) is 88.9 Å². The quantitative estimate of drug-likeness (QED) is 0.322. The number of carbonyl (C=O) groups is 1. The average Bonchev–Trinajstić information content (AvgIpc) is 3.12. The van der Waals surface area contributed by atoms with E-state index in [1.165, 1.54) is 24.1 Å². The summed E-state index contributed by atoms with van der Waals surface area (Å²) < 4.78 is 5.76. The molecule has 2 fully saturated rings. The van der Waals surface area contributed by atoms with Crippen molar-refractivity contribution in [3.05, 3.63) is 78.9 Å². The van der Waals surface area contributed by atoms with Gasteiger partial charge in [0.25, 0.3) is 0 Å². The Morgan fingerprint density at radius 3 is 2.13 bits per heavy atom. The summed E-state index contributed by atoms with van der Waals surface area (Å²) in [5.41, 5.74) is 2.17. The minimum atomic E-state index is -0.495. The molecule has 206 valence electrons. The molecule has 0 N–H and O–H groups in total. The van der Waals surface area contributed by atoms with Crippen molar-refractivity contribution in [3.8, 4) is 0 Å². The van der Waals surface area contributed by atoms with Gasteiger partial charge >= 0.3 is 6.09 Å². The number of piperidine rings is 1. The molecule has 38 heavy (non-hydrogen) atoms. The number of carbonyl (C=O) groups excluding carboxylic acids is 1. The number of likely N-dealkylation sites (N-methyl/N-ethyl adjacent to an activating group) is 1. The third kappa shape index (κ3) is 6.79. The summed E-state index contributed by atoms with van der Waals surface area (Å²) in [5.74, 6) is 0. The van der Waals surface area contributed by atoms with Gasteiger partial charge in [-0.2, -0.15) is 0 Å². The normalized spacial score (nSPS) is 22.9. The first kappa shape index (κ1) is 28.2. The van der Waals surface area contributed by atoms with Crippen LogP contribution < -0.4 is 4.90 Å². The first-order chi connectivity index (χ1) is 18.1. The number of benzene rings is 2. The molecule has 3 atom stereocenters. The number of anilines is 1. The molecule has 2 aliphatic rings. The molecular formula is C33H47N3O2. The lowest BCUT2D eigenvalue weighted by Crippen LogP contribution is -2.53. The van der Waals surface area contributed by atoms with Gasteiger partial charge in [0.2, 0.25) is 0 Å². The van der Waals surface area contributed by atoms with Crippen molar-refractivity contribution in [1.29, 1.82) is 0 Å². The predicted octanol–water partition coefficient (Wildman–Crippen LogP) is 6.89. The van der Waals surface area contributed by atoms with Gasteiger partial charge in [0.15, 0.2) is 0 Å². The molecule has 0 spiro atoms. The van der Waals surface area contributed by atoms with E-state index in [1.54, 1.807) is 0 Å². The van der Waals surface area contributed by atoms with Crippen LogP contribution in [-0.2, 0) is 10.2 Å². The lowest BCUT2D eigenvalue weighted by molar-refractivity contribution is 0.00278. The Bertz CT molecular complexity index is 1040. The number of hydrogen-bond donors (Lipinski definition) is 0. The molecule has 4 rings (SSSR count). The van der Waals surface area contributed by atoms with Gasteiger partial charge in [-0.15, -0.1) is 6.58 Å². The van der Waals surface area contributed by atoms with Crippen LogP contribution in [0.4, 0.5) is 10.5 Å². The van der Waals surface area contributed by atoms with Crippen LogP contribution in [0.5, 0.6) is 0 Å². The number of ether oxygens (including phenoxy) is 1. The largest absolute Gasteiger partial charge is 0.444 e. The van der Waals surface area contributed by atoms with Crippen LogP contribution in [-0.4, -0.2) is 66.3 Å². The van der Waals surface area contributed by atoms with Gasteiger partial charge in [-0.3, -0.25) is 4.90 Å². The highest BCUT2D eigenvalue weighted by molar-refractivity contribution is 5.69. The van der Waals surface area contributed by atoms with Crippen molar-refractivity contribution in [2.24, 2.45) is 0 Å². The lowest BCUT2D eigenvalue weighted by atomic mass is 9.78. The summed E-state index contributed by atoms with van der Waals surface area (Å²) in [6.07, 6.45) is 7.15. The molecular weight excluding hydrogens is 470 g/mol. The van der Waals surface area contributed by atoms with Crippen molar-refractivity contribution < 1.29 is 9.53 Å². The zero-order valence-corrected chi connectivity index (χ0v) is 24.1. The second kappa shape index (κ2) is 11.9. The van der Waals surface area contributed by atoms with E-state index in [-0.39, 0.29) is 17.6 Å². The summed E-state index contributed by atoms with van der Waals surface area (Å²) in [5, 5.41) is 0. The zero-order chi connectivity index (χ0) is 27.3. The summed E-state index contributed by atoms with van der Waals surface area (Å²) in [4.78, 5) is 20.1. The Balaban J connectivity index is 1.46. The maximum Gasteiger partial charge on any atom is 0.410 e. The van der Waals surface area contributed by atoms with Crippen molar-refractivity contribution in [3.63, 3.8) is 0 Å². The smallest absolute Gasteiger partial charge is 0.410 e. The highest BCUT2D eigenvalue weighted by Crippen LogP contribution is 2.40. The summed E-state index contributed by atoms with van der Waals surface area (Å²) in [6.45, 7) is 14.7. The molecule has 1 amide bonds. The Morgan fingerprint density at radius 1 is 1.00 bits per heavy atom. The molecule has 0 saturated carbocycles. The fraction of sp³-hybridized carbons (Fsp3) is 0.545. The Morgan fingerprint density at radius 2 is 1.58 bits per heavy atom. The second-order valence-electron chi connectivity index (χ2n) is 12.5. The van der Waals surface area contributed by atoms with E-state index < -0.39 is 5.60 Å². The Hall–Kier alpha value is -2.79. The fourth-order valence-electron chi connectivity index (χ4n) is 6.53. The second-order valence-corrected chi connectivity index (χ2v) is 12.5. The van der Waals surface area contributed by atoms with E-state index in [1.807, 2.05) is 31.7 Å². The van der Waals surface area contributed by atoms with Crippen molar-refractivity contribution >= 4 is 11.8 Å². The molecule has 5 heteroatoms. The van der Waals surface area contributed by atoms with Gasteiger partial charge in [-0.25, -0.2) is 4.79 Å². The molecule has 2 saturated heterocycles. The van der Waals surface area contributed by atoms with Crippen LogP contribution in [0, 0.1) is 0 Å². The number of para-hydroxylation sites is 1. The van der Waals surface area contributed by atoms with Gasteiger partial charge in [-0.1, -0.05) is 61.5 Å². The Kier molecular flexibility index (Phi) is 8.87. The summed E-state index contributed by atoms with van der Waals surface area (Å²) in [7, 11) is 2.20. The van der Waals surface area contributed by atoms with E-state index in [9.17, 15) is 4.79 Å². The molecule has 0 aliphatic carbocycles. The molecule has 2 heterocycles. The third-order valence-electron chi connectivity index (χ3n) is 8.43. The third-order valence-corrected chi connectivity index (χ3v) is 8.43. The van der Waals surface area contributed by atoms with Crippen LogP contribution in [0.2, 0.25) is 0 Å². The van der Waals surface area contributed by atoms with E-state index in [2.05, 4.69) is 91.0 Å². The number of amides is 1. The van der Waals surface area contributed by atoms with Crippen LogP contribution in [0.1, 0.15) is 65.4 Å². The average molecular weight is 518 g/mol. The number of nitrogens with zero attached hydrogens (tertiary/aromatic N) is 3. The van der Waals surface area contributed by atoms with Crippen LogP contribution >= 0.6 is 0 Å². The summed E-state index contributed by atoms with van der Waals surface area (Å²) in [6, 6.07) is 22.9. The van der Waals surface area contributed by atoms with Gasteiger partial charge in [0.1, 0.15) is 5.60 Å². The zero-order valence-electron chi connectivity index (χ0n) is 24.1. The molecule has 5 nitrogen and oxygen atoms in total. The first-order valence-electron chi connectivity index (χ1n) is 14.3. The molecule has 2 aromatic carbocycles. The molecule has 2 unspecified atom stereocenters. The molecule has 0 aromatic heterocycles. The summed E-state index contributed by atoms with van der Waals surface area (Å²) >= 11 is 0. The monoisotopic (exact) mass is 517 g/mol. The Labute approximate surface area is 230 Å². The fourth-order valence-corrected chi connectivity index (χ4v) is 6.53. The number of rotatable bonds is 10.